The Morgan fingerprint density at radius 1 is 1.07 bits per heavy atom. The minimum atomic E-state index is -0.225. The smallest absolute Gasteiger partial charge is 0.298 e. The van der Waals surface area contributed by atoms with Crippen LogP contribution in [-0.4, -0.2) is 37.7 Å². The topological polar surface area (TPSA) is 68.3 Å². The fourth-order valence-corrected chi connectivity index (χ4v) is 3.91. The first-order chi connectivity index (χ1) is 13.1. The van der Waals surface area contributed by atoms with Gasteiger partial charge in [-0.05, 0) is 42.2 Å². The molecular formula is C20H18N6O. The van der Waals surface area contributed by atoms with Crippen molar-refractivity contribution in [3.63, 3.8) is 0 Å². The third kappa shape index (κ3) is 2.28. The van der Waals surface area contributed by atoms with Crippen molar-refractivity contribution < 1.29 is 0 Å². The molecule has 0 aliphatic carbocycles. The Bertz CT molecular complexity index is 1220. The molecule has 27 heavy (non-hydrogen) atoms. The van der Waals surface area contributed by atoms with Gasteiger partial charge >= 0.3 is 0 Å². The number of aryl methyl sites for hydroxylation is 1. The Morgan fingerprint density at radius 2 is 1.89 bits per heavy atom. The first-order valence-electron chi connectivity index (χ1n) is 8.85. The average molecular weight is 358 g/mol. The van der Waals surface area contributed by atoms with Crippen LogP contribution in [0.1, 0.15) is 11.1 Å². The summed E-state index contributed by atoms with van der Waals surface area (Å²) in [6.45, 7) is 3.00. The molecule has 0 N–H and O–H groups in total. The van der Waals surface area contributed by atoms with Crippen LogP contribution in [0.3, 0.4) is 0 Å². The normalized spacial score (nSPS) is 13.3. The van der Waals surface area contributed by atoms with Gasteiger partial charge < -0.3 is 9.30 Å². The zero-order valence-corrected chi connectivity index (χ0v) is 15.1. The van der Waals surface area contributed by atoms with Crippen LogP contribution in [0, 0.1) is 6.92 Å². The summed E-state index contributed by atoms with van der Waals surface area (Å²) in [5.74, 6) is 0.273. The lowest BCUT2D eigenvalue weighted by molar-refractivity contribution is 0.732. The van der Waals surface area contributed by atoms with Gasteiger partial charge in [0.2, 0.25) is 0 Å². The number of benzene rings is 1. The van der Waals surface area contributed by atoms with Gasteiger partial charge in [-0.2, -0.15) is 9.78 Å². The highest BCUT2D eigenvalue weighted by Crippen LogP contribution is 2.37. The summed E-state index contributed by atoms with van der Waals surface area (Å²) in [7, 11) is 2.11. The summed E-state index contributed by atoms with van der Waals surface area (Å²) in [6, 6.07) is 8.07. The lowest BCUT2D eigenvalue weighted by Crippen LogP contribution is -2.24. The quantitative estimate of drug-likeness (QED) is 0.550. The maximum atomic E-state index is 13.1. The molecule has 1 aliphatic rings. The molecule has 0 amide bonds. The molecule has 0 spiro atoms. The molecule has 0 bridgehead atoms. The fraction of sp³-hybridized carbons (Fsp3) is 0.200. The largest absolute Gasteiger partial charge is 0.374 e. The molecule has 0 atom stereocenters. The van der Waals surface area contributed by atoms with Gasteiger partial charge in [0.25, 0.3) is 11.5 Å². The minimum Gasteiger partial charge on any atom is -0.374 e. The van der Waals surface area contributed by atoms with E-state index in [-0.39, 0.29) is 11.5 Å². The number of hydrogen-bond donors (Lipinski definition) is 0. The van der Waals surface area contributed by atoms with E-state index in [1.165, 1.54) is 21.5 Å². The molecule has 4 aromatic rings. The summed E-state index contributed by atoms with van der Waals surface area (Å²) in [6.07, 6.45) is 7.83. The number of hydrogen-bond acceptors (Lipinski definition) is 5. The minimum absolute atomic E-state index is 0.225. The van der Waals surface area contributed by atoms with Crippen LogP contribution in [0.15, 0.2) is 54.0 Å². The zero-order valence-electron chi connectivity index (χ0n) is 15.1. The van der Waals surface area contributed by atoms with E-state index in [0.717, 1.165) is 24.1 Å². The molecule has 0 radical (unpaired) electrons. The summed E-state index contributed by atoms with van der Waals surface area (Å²) in [5.41, 5.74) is 6.14. The molecule has 1 aliphatic heterocycles. The van der Waals surface area contributed by atoms with Gasteiger partial charge in [-0.3, -0.25) is 4.79 Å². The molecule has 134 valence electrons. The number of anilines is 1. The van der Waals surface area contributed by atoms with Crippen LogP contribution < -0.4 is 10.5 Å². The average Bonchev–Trinajstić information content (AvgIpc) is 3.24. The predicted molar refractivity (Wildman–Crippen MR) is 104 cm³/mol. The molecule has 0 unspecified atom stereocenters. The Balaban J connectivity index is 1.75. The maximum absolute atomic E-state index is 13.1. The van der Waals surface area contributed by atoms with Gasteiger partial charge in [-0.1, -0.05) is 12.1 Å². The van der Waals surface area contributed by atoms with Crippen molar-refractivity contribution >= 4 is 11.2 Å². The van der Waals surface area contributed by atoms with E-state index in [9.17, 15) is 4.79 Å². The van der Waals surface area contributed by atoms with Crippen molar-refractivity contribution in [1.82, 2.24) is 24.1 Å². The van der Waals surface area contributed by atoms with E-state index < -0.39 is 0 Å². The third-order valence-corrected chi connectivity index (χ3v) is 5.26. The van der Waals surface area contributed by atoms with E-state index in [1.54, 1.807) is 29.2 Å². The number of nitrogens with zero attached hydrogens (tertiary/aromatic N) is 6. The van der Waals surface area contributed by atoms with Gasteiger partial charge in [0.05, 0.1) is 0 Å². The highest BCUT2D eigenvalue weighted by Gasteiger charge is 2.22. The highest BCUT2D eigenvalue weighted by atomic mass is 16.1. The van der Waals surface area contributed by atoms with E-state index in [1.807, 2.05) is 13.1 Å². The Kier molecular flexibility index (Phi) is 3.36. The molecular weight excluding hydrogens is 340 g/mol. The van der Waals surface area contributed by atoms with Crippen molar-refractivity contribution in [2.24, 2.45) is 0 Å². The second kappa shape index (κ2) is 5.77. The number of fused-ring (bicyclic) bond motifs is 2. The van der Waals surface area contributed by atoms with Gasteiger partial charge in [0.15, 0.2) is 0 Å². The molecule has 0 fully saturated rings. The first kappa shape index (κ1) is 15.7. The monoisotopic (exact) mass is 358 g/mol. The van der Waals surface area contributed by atoms with Crippen molar-refractivity contribution in [3.8, 4) is 17.1 Å². The van der Waals surface area contributed by atoms with E-state index in [4.69, 9.17) is 0 Å². The second-order valence-corrected chi connectivity index (χ2v) is 6.80. The number of aromatic nitrogens is 5. The van der Waals surface area contributed by atoms with Crippen LogP contribution in [0.4, 0.5) is 5.69 Å². The van der Waals surface area contributed by atoms with Crippen LogP contribution in [0.2, 0.25) is 0 Å². The van der Waals surface area contributed by atoms with Gasteiger partial charge in [0.1, 0.15) is 11.8 Å². The first-order valence-corrected chi connectivity index (χ1v) is 8.85. The second-order valence-electron chi connectivity index (χ2n) is 6.80. The standard InChI is InChI=1S/C20H18N6O/c1-13-16(14-5-3-6-17-15(14)7-10-24(17)2)11-25-12-23-26(19(27)18(13)25)20-21-8-4-9-22-20/h3-6,8-9,11-12H,7,10H2,1-2H3. The van der Waals surface area contributed by atoms with E-state index in [0.29, 0.717) is 5.52 Å². The summed E-state index contributed by atoms with van der Waals surface area (Å²) in [5, 5.41) is 4.24. The summed E-state index contributed by atoms with van der Waals surface area (Å²) < 4.78 is 3.04. The zero-order chi connectivity index (χ0) is 18.5. The van der Waals surface area contributed by atoms with Crippen LogP contribution >= 0.6 is 0 Å². The molecule has 7 nitrogen and oxygen atoms in total. The van der Waals surface area contributed by atoms with Crippen LogP contribution in [0.5, 0.6) is 0 Å². The Labute approximate surface area is 155 Å². The lowest BCUT2D eigenvalue weighted by Gasteiger charge is -2.13. The van der Waals surface area contributed by atoms with Gasteiger partial charge in [0, 0.05) is 43.4 Å². The predicted octanol–water partition coefficient (Wildman–Crippen LogP) is 2.24. The van der Waals surface area contributed by atoms with Gasteiger partial charge in [-0.25, -0.2) is 9.97 Å². The molecule has 7 heteroatoms. The highest BCUT2D eigenvalue weighted by molar-refractivity contribution is 5.82. The molecule has 0 saturated carbocycles. The van der Waals surface area contributed by atoms with Crippen LogP contribution in [0.25, 0.3) is 22.6 Å². The lowest BCUT2D eigenvalue weighted by atomic mass is 9.97. The molecule has 0 saturated heterocycles. The van der Waals surface area contributed by atoms with Crippen molar-refractivity contribution in [2.75, 3.05) is 18.5 Å². The molecule has 5 rings (SSSR count). The molecule has 1 aromatic carbocycles. The van der Waals surface area contributed by atoms with Gasteiger partial charge in [-0.15, -0.1) is 0 Å². The van der Waals surface area contributed by atoms with Crippen molar-refractivity contribution in [1.29, 1.82) is 0 Å². The third-order valence-electron chi connectivity index (χ3n) is 5.26. The van der Waals surface area contributed by atoms with Crippen molar-refractivity contribution in [3.05, 3.63) is 70.7 Å². The Morgan fingerprint density at radius 3 is 2.70 bits per heavy atom. The van der Waals surface area contributed by atoms with Crippen molar-refractivity contribution in [2.45, 2.75) is 13.3 Å². The number of likely N-dealkylation sites (N-methyl/N-ethyl adjacent to an activating group) is 1. The SMILES string of the molecule is Cc1c(-c2cccc3c2CCN3C)cn2cnn(-c3ncccn3)c(=O)c12. The number of rotatable bonds is 2. The van der Waals surface area contributed by atoms with Crippen LogP contribution in [-0.2, 0) is 6.42 Å². The van der Waals surface area contributed by atoms with E-state index in [2.05, 4.69) is 45.2 Å². The maximum Gasteiger partial charge on any atom is 0.298 e. The van der Waals surface area contributed by atoms with E-state index >= 15 is 0 Å². The Hall–Kier alpha value is -3.48. The summed E-state index contributed by atoms with van der Waals surface area (Å²) >= 11 is 0. The fourth-order valence-electron chi connectivity index (χ4n) is 3.91. The summed E-state index contributed by atoms with van der Waals surface area (Å²) in [4.78, 5) is 23.6. The molecule has 3 aromatic heterocycles. The molecule has 4 heterocycles.